The van der Waals surface area contributed by atoms with Gasteiger partial charge in [0.15, 0.2) is 0 Å². The summed E-state index contributed by atoms with van der Waals surface area (Å²) in [6, 6.07) is 11.2. The Hall–Kier alpha value is -2.33. The van der Waals surface area contributed by atoms with Gasteiger partial charge in [0.1, 0.15) is 5.84 Å². The maximum absolute atomic E-state index is 11.9. The summed E-state index contributed by atoms with van der Waals surface area (Å²) in [4.78, 5) is 16.1. The third-order valence-electron chi connectivity index (χ3n) is 3.48. The molecule has 2 radical (unpaired) electrons. The third kappa shape index (κ3) is 2.70. The quantitative estimate of drug-likeness (QED) is 0.852. The Morgan fingerprint density at radius 2 is 2.00 bits per heavy atom. The molecule has 3 rings (SSSR count). The lowest BCUT2D eigenvalue weighted by atomic mass is 10.1. The van der Waals surface area contributed by atoms with Crippen molar-refractivity contribution >= 4 is 29.0 Å². The first-order valence-corrected chi connectivity index (χ1v) is 7.20. The van der Waals surface area contributed by atoms with E-state index in [9.17, 15) is 4.79 Å². The standard InChI is InChI=1S/C17H14ClN3O/c1-10-6-7-12-13(8-10)16(21-17(12)22)20-9-19-15-11(2)4-3-5-14(15)18/h3-8,19H,1-2H3,(H,20,21,22). The topological polar surface area (TPSA) is 53.5 Å². The zero-order chi connectivity index (χ0) is 15.7. The predicted molar refractivity (Wildman–Crippen MR) is 88.2 cm³/mol. The van der Waals surface area contributed by atoms with Crippen LogP contribution in [0.25, 0.3) is 0 Å². The van der Waals surface area contributed by atoms with Crippen molar-refractivity contribution in [2.75, 3.05) is 5.32 Å². The number of para-hydroxylation sites is 1. The van der Waals surface area contributed by atoms with Crippen LogP contribution in [0, 0.1) is 20.5 Å². The highest BCUT2D eigenvalue weighted by molar-refractivity contribution is 6.33. The normalized spacial score (nSPS) is 14.9. The van der Waals surface area contributed by atoms with E-state index in [1.807, 2.05) is 38.1 Å². The van der Waals surface area contributed by atoms with Gasteiger partial charge in [-0.1, -0.05) is 35.4 Å². The van der Waals surface area contributed by atoms with Crippen LogP contribution in [0.1, 0.15) is 27.0 Å². The number of benzene rings is 2. The van der Waals surface area contributed by atoms with E-state index in [0.29, 0.717) is 16.4 Å². The number of amides is 1. The number of aliphatic imine (C=N–C) groups is 1. The van der Waals surface area contributed by atoms with E-state index in [0.717, 1.165) is 22.4 Å². The number of carbonyl (C=O) groups excluding carboxylic acids is 1. The number of fused-ring (bicyclic) bond motifs is 1. The van der Waals surface area contributed by atoms with Gasteiger partial charge in [-0.05, 0) is 37.6 Å². The Kier molecular flexibility index (Phi) is 3.86. The van der Waals surface area contributed by atoms with E-state index < -0.39 is 0 Å². The maximum Gasteiger partial charge on any atom is 0.257 e. The average molecular weight is 312 g/mol. The number of nitrogens with one attached hydrogen (secondary N) is 2. The van der Waals surface area contributed by atoms with Crippen molar-refractivity contribution in [1.29, 1.82) is 0 Å². The van der Waals surface area contributed by atoms with Crippen LogP contribution in [-0.2, 0) is 0 Å². The van der Waals surface area contributed by atoms with Crippen LogP contribution >= 0.6 is 11.6 Å². The molecule has 0 atom stereocenters. The summed E-state index contributed by atoms with van der Waals surface area (Å²) in [7, 11) is 0. The van der Waals surface area contributed by atoms with Gasteiger partial charge in [0, 0.05) is 5.56 Å². The van der Waals surface area contributed by atoms with Gasteiger partial charge in [-0.2, -0.15) is 0 Å². The summed E-state index contributed by atoms with van der Waals surface area (Å²) in [5, 5.41) is 6.28. The number of hydrogen-bond acceptors (Lipinski definition) is 3. The zero-order valence-corrected chi connectivity index (χ0v) is 13.0. The number of amidine groups is 1. The fraction of sp³-hybridized carbons (Fsp3) is 0.118. The van der Waals surface area contributed by atoms with Crippen molar-refractivity contribution in [3.63, 3.8) is 0 Å². The van der Waals surface area contributed by atoms with Crippen molar-refractivity contribution in [2.45, 2.75) is 13.8 Å². The Balaban J connectivity index is 1.81. The van der Waals surface area contributed by atoms with Gasteiger partial charge in [-0.3, -0.25) is 4.79 Å². The van der Waals surface area contributed by atoms with Crippen molar-refractivity contribution < 1.29 is 4.79 Å². The van der Waals surface area contributed by atoms with E-state index in [4.69, 9.17) is 11.6 Å². The molecular weight excluding hydrogens is 298 g/mol. The van der Waals surface area contributed by atoms with Crippen molar-refractivity contribution in [1.82, 2.24) is 5.32 Å². The number of anilines is 1. The van der Waals surface area contributed by atoms with Crippen LogP contribution in [0.4, 0.5) is 5.69 Å². The first-order valence-electron chi connectivity index (χ1n) is 6.82. The molecule has 2 aromatic carbocycles. The molecule has 0 unspecified atom stereocenters. The molecule has 1 aliphatic heterocycles. The number of hydrogen-bond donors (Lipinski definition) is 2. The minimum Gasteiger partial charge on any atom is -0.352 e. The minimum atomic E-state index is -0.149. The van der Waals surface area contributed by atoms with Crippen LogP contribution < -0.4 is 10.6 Å². The molecule has 5 heteroatoms. The Labute approximate surface area is 134 Å². The molecular formula is C17H14ClN3O. The van der Waals surface area contributed by atoms with E-state index in [1.165, 1.54) is 0 Å². The molecule has 0 saturated carbocycles. The molecule has 0 bridgehead atoms. The van der Waals surface area contributed by atoms with Crippen molar-refractivity contribution in [3.8, 4) is 0 Å². The van der Waals surface area contributed by atoms with E-state index in [2.05, 4.69) is 22.3 Å². The molecule has 110 valence electrons. The molecule has 0 saturated heterocycles. The molecule has 0 aliphatic carbocycles. The largest absolute Gasteiger partial charge is 0.352 e. The number of halogens is 1. The second-order valence-electron chi connectivity index (χ2n) is 5.13. The van der Waals surface area contributed by atoms with Crippen molar-refractivity contribution in [3.05, 3.63) is 70.3 Å². The number of nitrogens with zero attached hydrogens (tertiary/aromatic N) is 1. The first kappa shape index (κ1) is 14.6. The SMILES string of the molecule is Cc1ccc2c(c1)/C(=N/[C]Nc1c(C)cccc1Cl)NC2=O. The molecule has 0 fully saturated rings. The lowest BCUT2D eigenvalue weighted by molar-refractivity contribution is 0.0983. The summed E-state index contributed by atoms with van der Waals surface area (Å²) in [5.74, 6) is 0.338. The number of aryl methyl sites for hydroxylation is 2. The zero-order valence-electron chi connectivity index (χ0n) is 12.2. The molecule has 1 aliphatic rings. The summed E-state index contributed by atoms with van der Waals surface area (Å²) in [6.45, 7) is 6.66. The van der Waals surface area contributed by atoms with Gasteiger partial charge in [0.05, 0.1) is 16.3 Å². The minimum absolute atomic E-state index is 0.149. The molecule has 1 amide bonds. The van der Waals surface area contributed by atoms with E-state index >= 15 is 0 Å². The highest BCUT2D eigenvalue weighted by Gasteiger charge is 2.24. The van der Waals surface area contributed by atoms with E-state index in [-0.39, 0.29) is 5.91 Å². The van der Waals surface area contributed by atoms with Crippen LogP contribution in [0.2, 0.25) is 5.02 Å². The molecule has 22 heavy (non-hydrogen) atoms. The second kappa shape index (κ2) is 5.81. The molecule has 4 nitrogen and oxygen atoms in total. The smallest absolute Gasteiger partial charge is 0.257 e. The van der Waals surface area contributed by atoms with Gasteiger partial charge in [0.2, 0.25) is 6.67 Å². The molecule has 0 aromatic heterocycles. The number of rotatable bonds is 3. The molecule has 2 N–H and O–H groups in total. The van der Waals surface area contributed by atoms with Gasteiger partial charge in [-0.15, -0.1) is 0 Å². The highest BCUT2D eigenvalue weighted by atomic mass is 35.5. The maximum atomic E-state index is 11.9. The van der Waals surface area contributed by atoms with Gasteiger partial charge in [0.25, 0.3) is 5.91 Å². The summed E-state index contributed by atoms with van der Waals surface area (Å²) in [6.07, 6.45) is 0. The Morgan fingerprint density at radius 1 is 1.18 bits per heavy atom. The molecule has 0 spiro atoms. The molecule has 1 heterocycles. The average Bonchev–Trinajstić information content (AvgIpc) is 2.78. The Morgan fingerprint density at radius 3 is 2.77 bits per heavy atom. The fourth-order valence-corrected chi connectivity index (χ4v) is 2.58. The summed E-state index contributed by atoms with van der Waals surface area (Å²) < 4.78 is 0. The monoisotopic (exact) mass is 311 g/mol. The van der Waals surface area contributed by atoms with Gasteiger partial charge in [-0.25, -0.2) is 4.99 Å². The highest BCUT2D eigenvalue weighted by Crippen LogP contribution is 2.25. The molecule has 2 aromatic rings. The number of carbonyl (C=O) groups is 1. The fourth-order valence-electron chi connectivity index (χ4n) is 2.31. The second-order valence-corrected chi connectivity index (χ2v) is 5.54. The van der Waals surface area contributed by atoms with Gasteiger partial charge >= 0.3 is 0 Å². The van der Waals surface area contributed by atoms with Crippen LogP contribution in [0.15, 0.2) is 41.4 Å². The van der Waals surface area contributed by atoms with Crippen LogP contribution in [-0.4, -0.2) is 11.7 Å². The summed E-state index contributed by atoms with van der Waals surface area (Å²) in [5.41, 5.74) is 4.22. The first-order chi connectivity index (χ1) is 10.6. The summed E-state index contributed by atoms with van der Waals surface area (Å²) >= 11 is 6.13. The van der Waals surface area contributed by atoms with Crippen molar-refractivity contribution in [2.24, 2.45) is 4.99 Å². The predicted octanol–water partition coefficient (Wildman–Crippen LogP) is 3.56. The van der Waals surface area contributed by atoms with E-state index in [1.54, 1.807) is 12.1 Å². The third-order valence-corrected chi connectivity index (χ3v) is 3.79. The van der Waals surface area contributed by atoms with Crippen LogP contribution in [0.5, 0.6) is 0 Å². The van der Waals surface area contributed by atoms with Gasteiger partial charge < -0.3 is 10.6 Å². The lowest BCUT2D eigenvalue weighted by Crippen LogP contribution is -2.21. The Bertz CT molecular complexity index is 763. The van der Waals surface area contributed by atoms with Crippen LogP contribution in [0.3, 0.4) is 0 Å². The lowest BCUT2D eigenvalue weighted by Gasteiger charge is -2.08.